The van der Waals surface area contributed by atoms with Crippen LogP contribution >= 0.6 is 0 Å². The van der Waals surface area contributed by atoms with Crippen LogP contribution in [0.2, 0.25) is 0 Å². The van der Waals surface area contributed by atoms with E-state index in [0.717, 1.165) is 11.6 Å². The Balaban J connectivity index is 2.30. The number of nitrogens with zero attached hydrogens (tertiary/aromatic N) is 1. The number of alkyl carbamates (subject to hydrolysis) is 1. The Morgan fingerprint density at radius 3 is 2.31 bits per heavy atom. The number of hydrogen-bond acceptors (Lipinski definition) is 7. The number of carboxylic acid groups (broad SMARTS) is 1. The first-order valence-corrected chi connectivity index (χ1v) is 8.45. The molecule has 0 aromatic heterocycles. The average molecular weight is 404 g/mol. The minimum absolute atomic E-state index is 0.0412. The maximum Gasteiger partial charge on any atom is 0.407 e. The van der Waals surface area contributed by atoms with Gasteiger partial charge in [0.25, 0.3) is 5.69 Å². The predicted octanol–water partition coefficient (Wildman–Crippen LogP) is 3.05. The van der Waals surface area contributed by atoms with E-state index in [-0.39, 0.29) is 23.7 Å². The van der Waals surface area contributed by atoms with Gasteiger partial charge in [0.1, 0.15) is 6.61 Å². The number of nitro groups is 1. The van der Waals surface area contributed by atoms with Crippen LogP contribution in [0.25, 0.3) is 0 Å². The van der Waals surface area contributed by atoms with E-state index < -0.39 is 35.1 Å². The highest BCUT2D eigenvalue weighted by molar-refractivity contribution is 5.73. The summed E-state index contributed by atoms with van der Waals surface area (Å²) in [5, 5.41) is 23.1. The van der Waals surface area contributed by atoms with E-state index in [4.69, 9.17) is 14.2 Å². The molecule has 154 valence electrons. The van der Waals surface area contributed by atoms with Gasteiger partial charge in [-0.2, -0.15) is 0 Å². The molecule has 29 heavy (non-hydrogen) atoms. The molecule has 0 unspecified atom stereocenters. The zero-order valence-electron chi connectivity index (χ0n) is 15.8. The van der Waals surface area contributed by atoms with Crippen LogP contribution in [-0.4, -0.2) is 36.3 Å². The quantitative estimate of drug-likeness (QED) is 0.480. The zero-order valence-corrected chi connectivity index (χ0v) is 15.8. The Kier molecular flexibility index (Phi) is 7.35. The Hall–Kier alpha value is -3.82. The minimum Gasteiger partial charge on any atom is -0.493 e. The third-order valence-electron chi connectivity index (χ3n) is 3.99. The van der Waals surface area contributed by atoms with Crippen molar-refractivity contribution in [2.24, 2.45) is 0 Å². The van der Waals surface area contributed by atoms with Gasteiger partial charge in [-0.05, 0) is 11.6 Å². The van der Waals surface area contributed by atoms with E-state index in [0.29, 0.717) is 0 Å². The molecular formula is C19H20N2O8. The Morgan fingerprint density at radius 2 is 1.76 bits per heavy atom. The van der Waals surface area contributed by atoms with Crippen molar-refractivity contribution >= 4 is 17.7 Å². The van der Waals surface area contributed by atoms with E-state index in [2.05, 4.69) is 5.32 Å². The summed E-state index contributed by atoms with van der Waals surface area (Å²) in [7, 11) is 2.65. The van der Waals surface area contributed by atoms with Gasteiger partial charge in [0.2, 0.25) is 0 Å². The van der Waals surface area contributed by atoms with Crippen molar-refractivity contribution in [1.29, 1.82) is 0 Å². The van der Waals surface area contributed by atoms with Gasteiger partial charge in [0.05, 0.1) is 43.2 Å². The molecule has 0 fully saturated rings. The molecular weight excluding hydrogens is 384 g/mol. The predicted molar refractivity (Wildman–Crippen MR) is 101 cm³/mol. The van der Waals surface area contributed by atoms with Crippen molar-refractivity contribution in [3.63, 3.8) is 0 Å². The fourth-order valence-corrected chi connectivity index (χ4v) is 2.64. The fraction of sp³-hybridized carbons (Fsp3) is 0.263. The number of carbonyl (C=O) groups is 2. The van der Waals surface area contributed by atoms with Crippen molar-refractivity contribution in [1.82, 2.24) is 5.32 Å². The highest BCUT2D eigenvalue weighted by atomic mass is 16.6. The molecule has 0 spiro atoms. The van der Waals surface area contributed by atoms with Gasteiger partial charge in [0, 0.05) is 0 Å². The summed E-state index contributed by atoms with van der Waals surface area (Å²) in [5.41, 5.74) is 0.263. The molecule has 2 rings (SSSR count). The number of ether oxygens (including phenoxy) is 3. The maximum absolute atomic E-state index is 12.2. The lowest BCUT2D eigenvalue weighted by Crippen LogP contribution is -2.31. The number of carbonyl (C=O) groups excluding carboxylic acids is 1. The second kappa shape index (κ2) is 9.93. The van der Waals surface area contributed by atoms with Crippen molar-refractivity contribution in [2.75, 3.05) is 14.2 Å². The lowest BCUT2D eigenvalue weighted by molar-refractivity contribution is -0.385. The van der Waals surface area contributed by atoms with Gasteiger partial charge in [-0.25, -0.2) is 4.79 Å². The van der Waals surface area contributed by atoms with Crippen LogP contribution in [0, 0.1) is 10.1 Å². The minimum atomic E-state index is -1.26. The molecule has 1 atom stereocenters. The van der Waals surface area contributed by atoms with Gasteiger partial charge in [-0.1, -0.05) is 30.3 Å². The van der Waals surface area contributed by atoms with Gasteiger partial charge in [0.15, 0.2) is 11.5 Å². The monoisotopic (exact) mass is 404 g/mol. The highest BCUT2D eigenvalue weighted by Crippen LogP contribution is 2.38. The van der Waals surface area contributed by atoms with E-state index in [1.807, 2.05) is 6.07 Å². The largest absolute Gasteiger partial charge is 0.493 e. The summed E-state index contributed by atoms with van der Waals surface area (Å²) in [4.78, 5) is 34.3. The number of benzene rings is 2. The molecule has 0 aliphatic rings. The van der Waals surface area contributed by atoms with Crippen molar-refractivity contribution in [2.45, 2.75) is 19.1 Å². The summed E-state index contributed by atoms with van der Waals surface area (Å²) in [6.07, 6.45) is -1.51. The van der Waals surface area contributed by atoms with Gasteiger partial charge in [-0.15, -0.1) is 0 Å². The molecule has 1 amide bonds. The number of rotatable bonds is 9. The third kappa shape index (κ3) is 5.83. The molecule has 0 radical (unpaired) electrons. The van der Waals surface area contributed by atoms with Crippen LogP contribution in [0.1, 0.15) is 23.6 Å². The first-order valence-electron chi connectivity index (χ1n) is 8.45. The number of amides is 1. The molecule has 0 heterocycles. The first-order chi connectivity index (χ1) is 13.8. The fourth-order valence-electron chi connectivity index (χ4n) is 2.64. The van der Waals surface area contributed by atoms with Crippen LogP contribution in [-0.2, 0) is 16.1 Å². The van der Waals surface area contributed by atoms with E-state index in [1.165, 1.54) is 20.3 Å². The van der Waals surface area contributed by atoms with Gasteiger partial charge < -0.3 is 24.6 Å². The van der Waals surface area contributed by atoms with Crippen molar-refractivity contribution < 1.29 is 33.8 Å². The Bertz CT molecular complexity index is 885. The molecule has 2 N–H and O–H groups in total. The van der Waals surface area contributed by atoms with Crippen molar-refractivity contribution in [3.05, 3.63) is 63.7 Å². The summed E-state index contributed by atoms with van der Waals surface area (Å²) >= 11 is 0. The zero-order chi connectivity index (χ0) is 21.4. The van der Waals surface area contributed by atoms with Crippen LogP contribution in [0.5, 0.6) is 11.5 Å². The number of nitro benzene ring substituents is 1. The van der Waals surface area contributed by atoms with E-state index in [1.54, 1.807) is 24.3 Å². The van der Waals surface area contributed by atoms with Crippen molar-refractivity contribution in [3.8, 4) is 11.5 Å². The summed E-state index contributed by atoms with van der Waals surface area (Å²) in [6.45, 7) is -0.0412. The van der Waals surface area contributed by atoms with Gasteiger partial charge >= 0.3 is 12.1 Å². The number of aliphatic carboxylic acids is 1. The third-order valence-corrected chi connectivity index (χ3v) is 3.99. The molecule has 0 aliphatic heterocycles. The standard InChI is InChI=1S/C19H20N2O8/c1-27-16-8-13(15(21(25)26)10-17(16)28-2)14(9-18(22)23)20-19(24)29-11-12-6-4-3-5-7-12/h3-8,10,14H,9,11H2,1-2H3,(H,20,24)(H,22,23)/t14-/m1/s1. The van der Waals surface area contributed by atoms with Crippen LogP contribution in [0.4, 0.5) is 10.5 Å². The SMILES string of the molecule is COc1cc([C@@H](CC(=O)O)NC(=O)OCc2ccccc2)c([N+](=O)[O-])cc1OC. The van der Waals surface area contributed by atoms with Crippen LogP contribution in [0.3, 0.4) is 0 Å². The lowest BCUT2D eigenvalue weighted by Gasteiger charge is -2.19. The molecule has 10 nitrogen and oxygen atoms in total. The number of nitrogens with one attached hydrogen (secondary N) is 1. The average Bonchev–Trinajstić information content (AvgIpc) is 2.71. The maximum atomic E-state index is 12.2. The summed E-state index contributed by atoms with van der Waals surface area (Å²) in [6, 6.07) is 10.0. The Morgan fingerprint density at radius 1 is 1.14 bits per heavy atom. The normalized spacial score (nSPS) is 11.2. The van der Waals surface area contributed by atoms with E-state index in [9.17, 15) is 24.8 Å². The molecule has 10 heteroatoms. The number of carboxylic acids is 1. The molecule has 2 aromatic rings. The number of methoxy groups -OCH3 is 2. The topological polar surface area (TPSA) is 137 Å². The highest BCUT2D eigenvalue weighted by Gasteiger charge is 2.29. The van der Waals surface area contributed by atoms with Gasteiger partial charge in [-0.3, -0.25) is 14.9 Å². The smallest absolute Gasteiger partial charge is 0.407 e. The Labute approximate surface area is 166 Å². The second-order valence-corrected chi connectivity index (χ2v) is 5.88. The second-order valence-electron chi connectivity index (χ2n) is 5.88. The van der Waals surface area contributed by atoms with Crippen LogP contribution < -0.4 is 14.8 Å². The van der Waals surface area contributed by atoms with E-state index >= 15 is 0 Å². The molecule has 0 saturated carbocycles. The summed E-state index contributed by atoms with van der Waals surface area (Å²) in [5.74, 6) is -1.01. The molecule has 0 bridgehead atoms. The summed E-state index contributed by atoms with van der Waals surface area (Å²) < 4.78 is 15.3. The number of hydrogen-bond donors (Lipinski definition) is 2. The molecule has 0 saturated heterocycles. The first kappa shape index (κ1) is 21.5. The van der Waals surface area contributed by atoms with Crippen LogP contribution in [0.15, 0.2) is 42.5 Å². The molecule has 2 aromatic carbocycles. The lowest BCUT2D eigenvalue weighted by atomic mass is 10.0. The molecule has 0 aliphatic carbocycles.